The van der Waals surface area contributed by atoms with E-state index in [0.29, 0.717) is 23.0 Å². The molecule has 0 aromatic carbocycles. The number of carbonyl (C=O) groups excluding carboxylic acids is 2. The van der Waals surface area contributed by atoms with E-state index >= 15 is 0 Å². The first-order valence-corrected chi connectivity index (χ1v) is 6.40. The number of nitrogens with zero attached hydrogens (tertiary/aromatic N) is 2. The summed E-state index contributed by atoms with van der Waals surface area (Å²) in [7, 11) is 0. The van der Waals surface area contributed by atoms with E-state index in [1.807, 2.05) is 13.8 Å². The average Bonchev–Trinajstić information content (AvgIpc) is 2.36. The third kappa shape index (κ3) is 2.35. The highest BCUT2D eigenvalue weighted by molar-refractivity contribution is 5.95. The van der Waals surface area contributed by atoms with Crippen LogP contribution in [0.15, 0.2) is 0 Å². The number of amides is 2. The van der Waals surface area contributed by atoms with Gasteiger partial charge in [0.15, 0.2) is 0 Å². The topological polar surface area (TPSA) is 81.1 Å². The Bertz CT molecular complexity index is 302. The van der Waals surface area contributed by atoms with E-state index in [4.69, 9.17) is 0 Å². The van der Waals surface area contributed by atoms with E-state index in [9.17, 15) is 20.0 Å². The summed E-state index contributed by atoms with van der Waals surface area (Å²) >= 11 is 0. The number of carbonyl (C=O) groups is 2. The van der Waals surface area contributed by atoms with Crippen LogP contribution in [-0.4, -0.2) is 44.4 Å². The first-order chi connectivity index (χ1) is 8.36. The number of hydroxylamine groups is 4. The minimum atomic E-state index is -0.993. The molecule has 0 spiro atoms. The highest BCUT2D eigenvalue weighted by atomic mass is 16.5. The molecule has 0 aromatic rings. The van der Waals surface area contributed by atoms with Gasteiger partial charge in [0.05, 0.1) is 0 Å². The molecule has 0 bridgehead atoms. The molecule has 1 aliphatic heterocycles. The summed E-state index contributed by atoms with van der Waals surface area (Å²) in [6, 6.07) is -1.99. The average molecular weight is 258 g/mol. The Kier molecular flexibility index (Phi) is 4.70. The Labute approximate surface area is 107 Å². The summed E-state index contributed by atoms with van der Waals surface area (Å²) in [5.41, 5.74) is 0. The molecular formula is C12H22N2O4. The number of hydrogen-bond acceptors (Lipinski definition) is 4. The molecule has 1 heterocycles. The summed E-state index contributed by atoms with van der Waals surface area (Å²) in [5.74, 6) is -1.65. The molecule has 4 atom stereocenters. The Morgan fingerprint density at radius 3 is 1.44 bits per heavy atom. The third-order valence-corrected chi connectivity index (χ3v) is 3.85. The molecular weight excluding hydrogens is 236 g/mol. The van der Waals surface area contributed by atoms with Gasteiger partial charge in [0.25, 0.3) is 11.8 Å². The normalized spacial score (nSPS) is 28.6. The Morgan fingerprint density at radius 1 is 0.944 bits per heavy atom. The van der Waals surface area contributed by atoms with Gasteiger partial charge in [-0.1, -0.05) is 40.5 Å². The van der Waals surface area contributed by atoms with E-state index in [1.54, 1.807) is 13.8 Å². The largest absolute Gasteiger partial charge is 0.285 e. The van der Waals surface area contributed by atoms with Gasteiger partial charge in [0, 0.05) is 0 Å². The lowest BCUT2D eigenvalue weighted by Gasteiger charge is -2.42. The van der Waals surface area contributed by atoms with Crippen LogP contribution < -0.4 is 0 Å². The molecule has 104 valence electrons. The van der Waals surface area contributed by atoms with Crippen molar-refractivity contribution in [3.05, 3.63) is 0 Å². The highest BCUT2D eigenvalue weighted by Crippen LogP contribution is 2.26. The van der Waals surface area contributed by atoms with E-state index in [-0.39, 0.29) is 11.8 Å². The first-order valence-electron chi connectivity index (χ1n) is 6.40. The first kappa shape index (κ1) is 14.9. The maximum absolute atomic E-state index is 12.0. The highest BCUT2D eigenvalue weighted by Gasteiger charge is 2.48. The van der Waals surface area contributed by atoms with Gasteiger partial charge in [-0.05, 0) is 11.8 Å². The Balaban J connectivity index is 3.03. The fourth-order valence-electron chi connectivity index (χ4n) is 2.17. The van der Waals surface area contributed by atoms with Crippen LogP contribution in [0.4, 0.5) is 0 Å². The van der Waals surface area contributed by atoms with E-state index in [2.05, 4.69) is 0 Å². The summed E-state index contributed by atoms with van der Waals surface area (Å²) < 4.78 is 0. The molecule has 6 heteroatoms. The van der Waals surface area contributed by atoms with Crippen LogP contribution in [0.2, 0.25) is 0 Å². The molecule has 0 aliphatic carbocycles. The van der Waals surface area contributed by atoms with Gasteiger partial charge in [-0.25, -0.2) is 10.1 Å². The molecule has 0 unspecified atom stereocenters. The quantitative estimate of drug-likeness (QED) is 0.744. The minimum absolute atomic E-state index is 0.209. The molecule has 6 nitrogen and oxygen atoms in total. The van der Waals surface area contributed by atoms with Gasteiger partial charge < -0.3 is 0 Å². The zero-order valence-corrected chi connectivity index (χ0v) is 11.3. The van der Waals surface area contributed by atoms with E-state index in [0.717, 1.165) is 0 Å². The second-order valence-electron chi connectivity index (χ2n) is 5.03. The lowest BCUT2D eigenvalue weighted by Crippen LogP contribution is -2.65. The molecule has 2 N–H and O–H groups in total. The van der Waals surface area contributed by atoms with Crippen molar-refractivity contribution in [3.63, 3.8) is 0 Å². The van der Waals surface area contributed by atoms with E-state index in [1.165, 1.54) is 0 Å². The van der Waals surface area contributed by atoms with Crippen LogP contribution in [0.5, 0.6) is 0 Å². The summed E-state index contributed by atoms with van der Waals surface area (Å²) in [4.78, 5) is 24.1. The van der Waals surface area contributed by atoms with E-state index < -0.39 is 23.9 Å². The van der Waals surface area contributed by atoms with Crippen LogP contribution in [0.3, 0.4) is 0 Å². The van der Waals surface area contributed by atoms with Crippen molar-refractivity contribution in [2.24, 2.45) is 11.8 Å². The summed E-state index contributed by atoms with van der Waals surface area (Å²) in [6.45, 7) is 7.24. The molecule has 1 saturated heterocycles. The maximum Gasteiger partial charge on any atom is 0.272 e. The SMILES string of the molecule is CC[C@H](C)[C@H]1C(=O)N(O)[C@@H]([C@@H](C)CC)C(=O)N1O. The van der Waals surface area contributed by atoms with Crippen molar-refractivity contribution < 1.29 is 20.0 Å². The van der Waals surface area contributed by atoms with Crippen molar-refractivity contribution in [3.8, 4) is 0 Å². The Morgan fingerprint density at radius 2 is 1.22 bits per heavy atom. The smallest absolute Gasteiger partial charge is 0.272 e. The number of rotatable bonds is 4. The molecule has 0 radical (unpaired) electrons. The van der Waals surface area contributed by atoms with Crippen molar-refractivity contribution >= 4 is 11.8 Å². The zero-order valence-electron chi connectivity index (χ0n) is 11.3. The lowest BCUT2D eigenvalue weighted by molar-refractivity contribution is -0.238. The molecule has 1 rings (SSSR count). The zero-order chi connectivity index (χ0) is 14.0. The molecule has 0 aromatic heterocycles. The van der Waals surface area contributed by atoms with Gasteiger partial charge in [-0.3, -0.25) is 20.0 Å². The number of hydrogen-bond donors (Lipinski definition) is 2. The summed E-state index contributed by atoms with van der Waals surface area (Å²) in [6.07, 6.45) is 1.26. The molecule has 1 fully saturated rings. The van der Waals surface area contributed by atoms with Crippen molar-refractivity contribution in [1.82, 2.24) is 10.1 Å². The van der Waals surface area contributed by atoms with Crippen molar-refractivity contribution in [1.29, 1.82) is 0 Å². The van der Waals surface area contributed by atoms with Crippen LogP contribution >= 0.6 is 0 Å². The Hall–Kier alpha value is -1.14. The maximum atomic E-state index is 12.0. The minimum Gasteiger partial charge on any atom is -0.285 e. The summed E-state index contributed by atoms with van der Waals surface area (Å²) in [5, 5.41) is 20.7. The van der Waals surface area contributed by atoms with Gasteiger partial charge in [0.2, 0.25) is 0 Å². The molecule has 1 aliphatic rings. The van der Waals surface area contributed by atoms with Crippen LogP contribution in [-0.2, 0) is 9.59 Å². The lowest BCUT2D eigenvalue weighted by atomic mass is 9.90. The van der Waals surface area contributed by atoms with Crippen LogP contribution in [0.25, 0.3) is 0 Å². The van der Waals surface area contributed by atoms with Gasteiger partial charge in [-0.2, -0.15) is 0 Å². The van der Waals surface area contributed by atoms with Crippen LogP contribution in [0.1, 0.15) is 40.5 Å². The van der Waals surface area contributed by atoms with Crippen LogP contribution in [0, 0.1) is 11.8 Å². The molecule has 0 saturated carbocycles. The van der Waals surface area contributed by atoms with Gasteiger partial charge >= 0.3 is 0 Å². The predicted octanol–water partition coefficient (Wildman–Crippen LogP) is 1.27. The van der Waals surface area contributed by atoms with Gasteiger partial charge in [-0.15, -0.1) is 0 Å². The predicted molar refractivity (Wildman–Crippen MR) is 63.8 cm³/mol. The standard InChI is InChI=1S/C12H22N2O4/c1-5-7(3)9-11(15)14(18)10(8(4)6-2)12(16)13(9)17/h7-10,17-18H,5-6H2,1-4H3/t7-,8-,9-,10-/m0/s1. The second kappa shape index (κ2) is 5.67. The van der Waals surface area contributed by atoms with Gasteiger partial charge in [0.1, 0.15) is 12.1 Å². The fourth-order valence-corrected chi connectivity index (χ4v) is 2.17. The number of piperazine rings is 1. The second-order valence-corrected chi connectivity index (χ2v) is 5.03. The monoisotopic (exact) mass is 258 g/mol. The molecule has 18 heavy (non-hydrogen) atoms. The third-order valence-electron chi connectivity index (χ3n) is 3.85. The molecule has 2 amide bonds. The fraction of sp³-hybridized carbons (Fsp3) is 0.833. The van der Waals surface area contributed by atoms with Crippen molar-refractivity contribution in [2.45, 2.75) is 52.6 Å². The van der Waals surface area contributed by atoms with Crippen molar-refractivity contribution in [2.75, 3.05) is 0 Å².